The number of sulfonamides is 1. The number of hydrogen-bond donors (Lipinski definition) is 2. The Kier molecular flexibility index (Phi) is 7.28. The highest BCUT2D eigenvalue weighted by molar-refractivity contribution is 7.89. The van der Waals surface area contributed by atoms with Crippen LogP contribution in [0.2, 0.25) is 0 Å². The molecular formula is C18H23N3O5S. The number of carbonyl (C=O) groups is 1. The Hall–Kier alpha value is -2.49. The Bertz CT molecular complexity index is 841. The van der Waals surface area contributed by atoms with Gasteiger partial charge in [-0.2, -0.15) is 4.31 Å². The zero-order valence-corrected chi connectivity index (χ0v) is 16.0. The Morgan fingerprint density at radius 1 is 1.30 bits per heavy atom. The van der Waals surface area contributed by atoms with E-state index in [-0.39, 0.29) is 30.3 Å². The third-order valence-electron chi connectivity index (χ3n) is 3.95. The molecule has 0 aliphatic carbocycles. The number of nitrogens with zero attached hydrogens (tertiary/aromatic N) is 2. The highest BCUT2D eigenvalue weighted by Gasteiger charge is 2.27. The number of aromatic nitrogens is 1. The number of rotatable bonds is 9. The van der Waals surface area contributed by atoms with Crippen LogP contribution in [0, 0.1) is 5.92 Å². The van der Waals surface area contributed by atoms with Crippen LogP contribution in [0.15, 0.2) is 53.7 Å². The zero-order valence-electron chi connectivity index (χ0n) is 15.2. The molecule has 0 spiro atoms. The molecule has 2 N–H and O–H groups in total. The summed E-state index contributed by atoms with van der Waals surface area (Å²) in [5.41, 5.74) is 2.30. The van der Waals surface area contributed by atoms with Crippen molar-refractivity contribution in [3.05, 3.63) is 54.4 Å². The van der Waals surface area contributed by atoms with Crippen molar-refractivity contribution in [3.8, 4) is 5.75 Å². The molecule has 9 heteroatoms. The summed E-state index contributed by atoms with van der Waals surface area (Å²) in [6.45, 7) is 1.97. The number of hydrogen-bond acceptors (Lipinski definition) is 6. The highest BCUT2D eigenvalue weighted by Crippen LogP contribution is 2.22. The molecule has 8 nitrogen and oxygen atoms in total. The highest BCUT2D eigenvalue weighted by atomic mass is 32.2. The second-order valence-corrected chi connectivity index (χ2v) is 8.12. The van der Waals surface area contributed by atoms with E-state index in [2.05, 4.69) is 4.98 Å². The fourth-order valence-electron chi connectivity index (χ4n) is 2.61. The molecule has 1 aromatic heterocycles. The fourth-order valence-corrected chi connectivity index (χ4v) is 4.16. The zero-order chi connectivity index (χ0) is 19.9. The van der Waals surface area contributed by atoms with Gasteiger partial charge in [0, 0.05) is 31.9 Å². The average molecular weight is 393 g/mol. The monoisotopic (exact) mass is 393 g/mol. The van der Waals surface area contributed by atoms with Crippen molar-refractivity contribution in [2.24, 2.45) is 5.92 Å². The van der Waals surface area contributed by atoms with Crippen molar-refractivity contribution >= 4 is 15.9 Å². The molecule has 2 aromatic rings. The van der Waals surface area contributed by atoms with Gasteiger partial charge >= 0.3 is 0 Å². The van der Waals surface area contributed by atoms with Crippen molar-refractivity contribution in [1.29, 1.82) is 0 Å². The largest absolute Gasteiger partial charge is 0.497 e. The van der Waals surface area contributed by atoms with Gasteiger partial charge in [0.25, 0.3) is 0 Å². The molecule has 1 atom stereocenters. The van der Waals surface area contributed by atoms with Crippen molar-refractivity contribution in [3.63, 3.8) is 0 Å². The lowest BCUT2D eigenvalue weighted by Crippen LogP contribution is -2.36. The normalized spacial score (nSPS) is 12.6. The van der Waals surface area contributed by atoms with Gasteiger partial charge in [-0.1, -0.05) is 13.0 Å². The SMILES string of the molecule is COc1ccc(S(=O)(=O)N(Cc2cccnc2)CC(C)CC(=O)NO)cc1. The molecule has 2 rings (SSSR count). The van der Waals surface area contributed by atoms with Gasteiger partial charge in [0.1, 0.15) is 5.75 Å². The molecule has 0 saturated carbocycles. The maximum atomic E-state index is 13.1. The summed E-state index contributed by atoms with van der Waals surface area (Å²) < 4.78 is 32.7. The van der Waals surface area contributed by atoms with Crippen LogP contribution in [0.25, 0.3) is 0 Å². The number of hydroxylamine groups is 1. The molecule has 1 aromatic carbocycles. The van der Waals surface area contributed by atoms with Crippen LogP contribution >= 0.6 is 0 Å². The smallest absolute Gasteiger partial charge is 0.243 e. The summed E-state index contributed by atoms with van der Waals surface area (Å²) in [6, 6.07) is 9.64. The van der Waals surface area contributed by atoms with Gasteiger partial charge in [0.2, 0.25) is 15.9 Å². The predicted octanol–water partition coefficient (Wildman–Crippen LogP) is 1.81. The Morgan fingerprint density at radius 2 is 2.00 bits per heavy atom. The molecule has 0 aliphatic rings. The first kappa shape index (κ1) is 20.8. The summed E-state index contributed by atoms with van der Waals surface area (Å²) in [6.07, 6.45) is 3.21. The maximum absolute atomic E-state index is 13.1. The Labute approximate surface area is 158 Å². The van der Waals surface area contributed by atoms with E-state index in [0.717, 1.165) is 5.56 Å². The van der Waals surface area contributed by atoms with Crippen LogP contribution < -0.4 is 10.2 Å². The van der Waals surface area contributed by atoms with Crippen LogP contribution in [0.1, 0.15) is 18.9 Å². The quantitative estimate of drug-likeness (QED) is 0.497. The minimum atomic E-state index is -3.81. The molecule has 0 bridgehead atoms. The summed E-state index contributed by atoms with van der Waals surface area (Å²) >= 11 is 0. The molecule has 146 valence electrons. The van der Waals surface area contributed by atoms with Crippen LogP contribution in [0.5, 0.6) is 5.75 Å². The lowest BCUT2D eigenvalue weighted by molar-refractivity contribution is -0.130. The third kappa shape index (κ3) is 5.75. The summed E-state index contributed by atoms with van der Waals surface area (Å²) in [4.78, 5) is 15.6. The molecule has 0 fully saturated rings. The van der Waals surface area contributed by atoms with Gasteiger partial charge in [-0.25, -0.2) is 13.9 Å². The van der Waals surface area contributed by atoms with E-state index in [4.69, 9.17) is 9.94 Å². The van der Waals surface area contributed by atoms with E-state index in [1.54, 1.807) is 49.1 Å². The molecule has 0 radical (unpaired) electrons. The average Bonchev–Trinajstić information content (AvgIpc) is 2.68. The summed E-state index contributed by atoms with van der Waals surface area (Å²) in [5, 5.41) is 8.69. The third-order valence-corrected chi connectivity index (χ3v) is 5.78. The van der Waals surface area contributed by atoms with Crippen LogP contribution in [0.3, 0.4) is 0 Å². The second-order valence-electron chi connectivity index (χ2n) is 6.18. The molecular weight excluding hydrogens is 370 g/mol. The molecule has 27 heavy (non-hydrogen) atoms. The predicted molar refractivity (Wildman–Crippen MR) is 98.5 cm³/mol. The topological polar surface area (TPSA) is 109 Å². The van der Waals surface area contributed by atoms with E-state index < -0.39 is 15.9 Å². The number of nitrogens with one attached hydrogen (secondary N) is 1. The van der Waals surface area contributed by atoms with Gasteiger partial charge in [0.05, 0.1) is 12.0 Å². The number of pyridine rings is 1. The minimum Gasteiger partial charge on any atom is -0.497 e. The molecule has 1 amide bonds. The first-order valence-corrected chi connectivity index (χ1v) is 9.77. The first-order chi connectivity index (χ1) is 12.9. The van der Waals surface area contributed by atoms with E-state index >= 15 is 0 Å². The van der Waals surface area contributed by atoms with Gasteiger partial charge in [0.15, 0.2) is 0 Å². The van der Waals surface area contributed by atoms with Crippen LogP contribution in [-0.4, -0.2) is 42.5 Å². The number of methoxy groups -OCH3 is 1. The number of amides is 1. The van der Waals surface area contributed by atoms with E-state index in [9.17, 15) is 13.2 Å². The number of benzene rings is 1. The number of carbonyl (C=O) groups excluding carboxylic acids is 1. The van der Waals surface area contributed by atoms with Gasteiger partial charge < -0.3 is 4.74 Å². The molecule has 1 heterocycles. The first-order valence-electron chi connectivity index (χ1n) is 8.33. The minimum absolute atomic E-state index is 0.00181. The van der Waals surface area contributed by atoms with Crippen LogP contribution in [-0.2, 0) is 21.4 Å². The van der Waals surface area contributed by atoms with Gasteiger partial charge in [-0.3, -0.25) is 15.0 Å². The van der Waals surface area contributed by atoms with E-state index in [1.807, 2.05) is 0 Å². The Morgan fingerprint density at radius 3 is 2.56 bits per heavy atom. The van der Waals surface area contributed by atoms with Crippen LogP contribution in [0.4, 0.5) is 0 Å². The lowest BCUT2D eigenvalue weighted by atomic mass is 10.1. The summed E-state index contributed by atoms with van der Waals surface area (Å²) in [7, 11) is -2.30. The van der Waals surface area contributed by atoms with Crippen molar-refractivity contribution in [2.75, 3.05) is 13.7 Å². The van der Waals surface area contributed by atoms with Crippen molar-refractivity contribution < 1.29 is 23.2 Å². The van der Waals surface area contributed by atoms with Gasteiger partial charge in [-0.05, 0) is 41.8 Å². The standard InChI is InChI=1S/C18H23N3O5S/c1-14(10-18(22)20-23)12-21(13-15-4-3-9-19-11-15)27(24,25)17-7-5-16(26-2)6-8-17/h3-9,11,14,23H,10,12-13H2,1-2H3,(H,20,22). The fraction of sp³-hybridized carbons (Fsp3) is 0.333. The summed E-state index contributed by atoms with van der Waals surface area (Å²) in [5.74, 6) is -0.312. The van der Waals surface area contributed by atoms with Crippen molar-refractivity contribution in [2.45, 2.75) is 24.8 Å². The number of ether oxygens (including phenoxy) is 1. The Balaban J connectivity index is 2.29. The molecule has 1 unspecified atom stereocenters. The second kappa shape index (κ2) is 9.45. The van der Waals surface area contributed by atoms with Gasteiger partial charge in [-0.15, -0.1) is 0 Å². The van der Waals surface area contributed by atoms with Crippen molar-refractivity contribution in [1.82, 2.24) is 14.8 Å². The molecule has 0 aliphatic heterocycles. The van der Waals surface area contributed by atoms with E-state index in [0.29, 0.717) is 5.75 Å². The molecule has 0 saturated heterocycles. The maximum Gasteiger partial charge on any atom is 0.243 e. The lowest BCUT2D eigenvalue weighted by Gasteiger charge is -2.25. The van der Waals surface area contributed by atoms with E-state index in [1.165, 1.54) is 23.5 Å².